The van der Waals surface area contributed by atoms with E-state index in [2.05, 4.69) is 15.5 Å². The average Bonchev–Trinajstić information content (AvgIpc) is 3.21. The second-order valence-corrected chi connectivity index (χ2v) is 5.13. The summed E-state index contributed by atoms with van der Waals surface area (Å²) >= 11 is 0. The molecule has 1 fully saturated rings. The number of ether oxygens (including phenoxy) is 1. The molecule has 5 nitrogen and oxygen atoms in total. The Hall–Kier alpha value is -2.21. The van der Waals surface area contributed by atoms with Gasteiger partial charge in [0.15, 0.2) is 0 Å². The highest BCUT2D eigenvalue weighted by atomic mass is 19.1. The number of carbonyl (C=O) groups is 1. The fourth-order valence-corrected chi connectivity index (χ4v) is 2.30. The molecular weight excluding hydrogens is 273 g/mol. The van der Waals surface area contributed by atoms with Gasteiger partial charge in [-0.3, -0.25) is 9.89 Å². The van der Waals surface area contributed by atoms with E-state index in [-0.39, 0.29) is 18.3 Å². The summed E-state index contributed by atoms with van der Waals surface area (Å²) in [7, 11) is 1.46. The molecule has 1 heterocycles. The van der Waals surface area contributed by atoms with Crippen molar-refractivity contribution in [2.24, 2.45) is 0 Å². The number of halogens is 1. The van der Waals surface area contributed by atoms with Gasteiger partial charge in [0.1, 0.15) is 18.1 Å². The second-order valence-electron chi connectivity index (χ2n) is 5.13. The van der Waals surface area contributed by atoms with E-state index >= 15 is 0 Å². The number of hydrogen-bond donors (Lipinski definition) is 2. The molecule has 1 aromatic heterocycles. The van der Waals surface area contributed by atoms with Crippen LogP contribution in [0.2, 0.25) is 0 Å². The molecule has 1 aliphatic carbocycles. The Bertz CT molecular complexity index is 665. The molecule has 2 N–H and O–H groups in total. The van der Waals surface area contributed by atoms with Crippen LogP contribution in [-0.2, 0) is 9.53 Å². The van der Waals surface area contributed by atoms with Crippen molar-refractivity contribution >= 4 is 11.6 Å². The van der Waals surface area contributed by atoms with Crippen LogP contribution in [0.5, 0.6) is 0 Å². The summed E-state index contributed by atoms with van der Waals surface area (Å²) in [5.41, 5.74) is 2.72. The van der Waals surface area contributed by atoms with Crippen molar-refractivity contribution < 1.29 is 13.9 Å². The molecule has 6 heteroatoms. The highest BCUT2D eigenvalue weighted by molar-refractivity contribution is 5.96. The van der Waals surface area contributed by atoms with E-state index in [4.69, 9.17) is 4.74 Å². The molecule has 1 aromatic carbocycles. The zero-order valence-electron chi connectivity index (χ0n) is 11.6. The Labute approximate surface area is 121 Å². The van der Waals surface area contributed by atoms with Gasteiger partial charge >= 0.3 is 0 Å². The van der Waals surface area contributed by atoms with Crippen molar-refractivity contribution in [2.75, 3.05) is 19.0 Å². The topological polar surface area (TPSA) is 67.0 Å². The van der Waals surface area contributed by atoms with E-state index < -0.39 is 0 Å². The number of nitrogens with zero attached hydrogens (tertiary/aromatic N) is 1. The summed E-state index contributed by atoms with van der Waals surface area (Å²) in [5.74, 6) is -0.200. The van der Waals surface area contributed by atoms with Gasteiger partial charge in [0.2, 0.25) is 5.91 Å². The van der Waals surface area contributed by atoms with Crippen LogP contribution < -0.4 is 5.32 Å². The number of benzene rings is 1. The summed E-state index contributed by atoms with van der Waals surface area (Å²) in [6, 6.07) is 6.17. The van der Waals surface area contributed by atoms with E-state index in [9.17, 15) is 9.18 Å². The first-order valence-corrected chi connectivity index (χ1v) is 6.82. The van der Waals surface area contributed by atoms with Gasteiger partial charge in [-0.15, -0.1) is 0 Å². The van der Waals surface area contributed by atoms with E-state index in [0.29, 0.717) is 22.9 Å². The Morgan fingerprint density at radius 1 is 1.52 bits per heavy atom. The van der Waals surface area contributed by atoms with E-state index in [1.54, 1.807) is 12.1 Å². The number of hydrogen-bond acceptors (Lipinski definition) is 3. The molecule has 0 spiro atoms. The summed E-state index contributed by atoms with van der Waals surface area (Å²) in [4.78, 5) is 11.8. The minimum Gasteiger partial charge on any atom is -0.375 e. The highest BCUT2D eigenvalue weighted by Crippen LogP contribution is 2.45. The third-order valence-electron chi connectivity index (χ3n) is 3.42. The summed E-state index contributed by atoms with van der Waals surface area (Å²) in [5, 5.41) is 10.0. The normalized spacial score (nSPS) is 14.2. The molecule has 110 valence electrons. The Morgan fingerprint density at radius 3 is 3.00 bits per heavy atom. The minimum atomic E-state index is -0.336. The van der Waals surface area contributed by atoms with Crippen LogP contribution in [0.3, 0.4) is 0 Å². The molecule has 1 aliphatic rings. The number of aromatic nitrogens is 2. The van der Waals surface area contributed by atoms with Crippen molar-refractivity contribution in [1.82, 2.24) is 10.2 Å². The molecule has 0 atom stereocenters. The lowest BCUT2D eigenvalue weighted by molar-refractivity contribution is -0.119. The van der Waals surface area contributed by atoms with Crippen LogP contribution in [0.4, 0.5) is 10.1 Å². The first kappa shape index (κ1) is 13.8. The second kappa shape index (κ2) is 5.65. The van der Waals surface area contributed by atoms with Gasteiger partial charge in [0.25, 0.3) is 0 Å². The first-order chi connectivity index (χ1) is 10.2. The van der Waals surface area contributed by atoms with Crippen molar-refractivity contribution in [3.8, 4) is 11.3 Å². The maximum absolute atomic E-state index is 13.4. The molecule has 0 saturated heterocycles. The number of rotatable bonds is 5. The quantitative estimate of drug-likeness (QED) is 0.889. The number of methoxy groups -OCH3 is 1. The van der Waals surface area contributed by atoms with Gasteiger partial charge < -0.3 is 10.1 Å². The lowest BCUT2D eigenvalue weighted by Crippen LogP contribution is -2.18. The van der Waals surface area contributed by atoms with Crippen molar-refractivity contribution in [3.63, 3.8) is 0 Å². The van der Waals surface area contributed by atoms with Crippen LogP contribution in [0.1, 0.15) is 24.5 Å². The van der Waals surface area contributed by atoms with Crippen LogP contribution in [-0.4, -0.2) is 29.8 Å². The fourth-order valence-electron chi connectivity index (χ4n) is 2.30. The molecule has 21 heavy (non-hydrogen) atoms. The van der Waals surface area contributed by atoms with E-state index in [1.165, 1.54) is 19.2 Å². The summed E-state index contributed by atoms with van der Waals surface area (Å²) in [6.07, 6.45) is 2.13. The highest BCUT2D eigenvalue weighted by Gasteiger charge is 2.30. The number of amides is 1. The molecule has 2 aromatic rings. The largest absolute Gasteiger partial charge is 0.375 e. The first-order valence-electron chi connectivity index (χ1n) is 6.82. The number of aromatic amines is 1. The van der Waals surface area contributed by atoms with Gasteiger partial charge in [-0.2, -0.15) is 5.10 Å². The Kier molecular flexibility index (Phi) is 3.70. The zero-order valence-corrected chi connectivity index (χ0v) is 11.6. The molecule has 0 unspecified atom stereocenters. The smallest absolute Gasteiger partial charge is 0.250 e. The third kappa shape index (κ3) is 2.95. The molecule has 0 radical (unpaired) electrons. The predicted molar refractivity (Wildman–Crippen MR) is 76.5 cm³/mol. The number of anilines is 1. The summed E-state index contributed by atoms with van der Waals surface area (Å²) in [6.45, 7) is -0.0299. The minimum absolute atomic E-state index is 0.0299. The van der Waals surface area contributed by atoms with Gasteiger partial charge in [0.05, 0.1) is 11.4 Å². The van der Waals surface area contributed by atoms with E-state index in [0.717, 1.165) is 18.5 Å². The Morgan fingerprint density at radius 2 is 2.33 bits per heavy atom. The fraction of sp³-hybridized carbons (Fsp3) is 0.333. The van der Waals surface area contributed by atoms with Crippen LogP contribution in [0, 0.1) is 5.82 Å². The molecule has 0 aliphatic heterocycles. The van der Waals surface area contributed by atoms with Crippen LogP contribution in [0.25, 0.3) is 11.3 Å². The van der Waals surface area contributed by atoms with Crippen LogP contribution in [0.15, 0.2) is 24.3 Å². The number of nitrogens with one attached hydrogen (secondary N) is 2. The van der Waals surface area contributed by atoms with E-state index in [1.807, 2.05) is 0 Å². The molecule has 3 rings (SSSR count). The number of carbonyl (C=O) groups excluding carboxylic acids is 1. The Balaban J connectivity index is 1.98. The van der Waals surface area contributed by atoms with Crippen LogP contribution >= 0.6 is 0 Å². The van der Waals surface area contributed by atoms with Crippen molar-refractivity contribution in [1.29, 1.82) is 0 Å². The van der Waals surface area contributed by atoms with Crippen molar-refractivity contribution in [3.05, 3.63) is 35.8 Å². The predicted octanol–water partition coefficient (Wildman–Crippen LogP) is 2.68. The monoisotopic (exact) mass is 289 g/mol. The SMILES string of the molecule is COCC(=O)Nc1c(-c2cccc(F)c2)n[nH]c1C1CC1. The van der Waals surface area contributed by atoms with Gasteiger partial charge in [0, 0.05) is 18.6 Å². The lowest BCUT2D eigenvalue weighted by Gasteiger charge is -2.08. The lowest BCUT2D eigenvalue weighted by atomic mass is 10.1. The summed E-state index contributed by atoms with van der Waals surface area (Å²) < 4.78 is 18.2. The standard InChI is InChI=1S/C15H16FN3O2/c1-21-8-12(20)17-15-13(9-5-6-9)18-19-14(15)10-3-2-4-11(16)7-10/h2-4,7,9H,5-6,8H2,1H3,(H,17,20)(H,18,19). The molecular formula is C15H16FN3O2. The molecule has 0 bridgehead atoms. The van der Waals surface area contributed by atoms with Gasteiger partial charge in [-0.25, -0.2) is 4.39 Å². The molecule has 1 saturated carbocycles. The maximum Gasteiger partial charge on any atom is 0.250 e. The van der Waals surface area contributed by atoms with Gasteiger partial charge in [-0.1, -0.05) is 12.1 Å². The third-order valence-corrected chi connectivity index (χ3v) is 3.42. The maximum atomic E-state index is 13.4. The zero-order chi connectivity index (χ0) is 14.8. The average molecular weight is 289 g/mol. The number of H-pyrrole nitrogens is 1. The molecule has 1 amide bonds. The van der Waals surface area contributed by atoms with Crippen molar-refractivity contribution in [2.45, 2.75) is 18.8 Å². The van der Waals surface area contributed by atoms with Gasteiger partial charge in [-0.05, 0) is 25.0 Å².